The van der Waals surface area contributed by atoms with E-state index in [0.29, 0.717) is 22.0 Å². The molecule has 33 heavy (non-hydrogen) atoms. The first-order chi connectivity index (χ1) is 15.5. The molecule has 0 spiro atoms. The third-order valence-corrected chi connectivity index (χ3v) is 7.72. The largest absolute Gasteiger partial charge is 0.416 e. The predicted molar refractivity (Wildman–Crippen MR) is 118 cm³/mol. The third kappa shape index (κ3) is 5.45. The van der Waals surface area contributed by atoms with E-state index in [4.69, 9.17) is 4.52 Å². The number of sulfonamides is 1. The van der Waals surface area contributed by atoms with Crippen LogP contribution in [0.25, 0.3) is 12.2 Å². The summed E-state index contributed by atoms with van der Waals surface area (Å²) in [5, 5.41) is 6.65. The number of carbonyl (C=O) groups is 1. The van der Waals surface area contributed by atoms with Crippen molar-refractivity contribution in [3.05, 3.63) is 58.3 Å². The van der Waals surface area contributed by atoms with E-state index in [0.717, 1.165) is 42.4 Å². The number of nitrogens with one attached hydrogen (secondary N) is 2. The molecule has 1 aliphatic carbocycles. The second-order valence-corrected chi connectivity index (χ2v) is 10.5. The number of nitrogens with zero attached hydrogens (tertiary/aromatic N) is 1. The Bertz CT molecular complexity index is 1320. The van der Waals surface area contributed by atoms with Crippen LogP contribution in [0.15, 0.2) is 45.1 Å². The van der Waals surface area contributed by atoms with Crippen molar-refractivity contribution in [3.8, 4) is 0 Å². The van der Waals surface area contributed by atoms with Gasteiger partial charge in [-0.25, -0.2) is 8.42 Å². The summed E-state index contributed by atoms with van der Waals surface area (Å²) in [5.74, 6) is 0.230. The molecule has 2 N–H and O–H groups in total. The molecule has 174 valence electrons. The van der Waals surface area contributed by atoms with E-state index in [1.165, 1.54) is 12.1 Å². The van der Waals surface area contributed by atoms with Crippen LogP contribution in [0.2, 0.25) is 0 Å². The maximum atomic E-state index is 12.9. The van der Waals surface area contributed by atoms with Crippen LogP contribution < -0.4 is 10.0 Å². The lowest BCUT2D eigenvalue weighted by atomic mass is 10.2. The van der Waals surface area contributed by atoms with Gasteiger partial charge in [0.15, 0.2) is 5.76 Å². The number of carbonyl (C=O) groups excluding carboxylic acids is 1. The zero-order valence-electron chi connectivity index (χ0n) is 17.1. The van der Waals surface area contributed by atoms with E-state index < -0.39 is 21.8 Å². The lowest BCUT2D eigenvalue weighted by Crippen LogP contribution is -2.14. The van der Waals surface area contributed by atoms with E-state index in [1.54, 1.807) is 25.1 Å². The minimum Gasteiger partial charge on any atom is -0.354 e. The number of anilines is 2. The fourth-order valence-electron chi connectivity index (χ4n) is 2.91. The molecule has 0 atom stereocenters. The first kappa shape index (κ1) is 23.1. The number of hydrogen-bond donors (Lipinski definition) is 2. The van der Waals surface area contributed by atoms with Crippen LogP contribution in [0.5, 0.6) is 0 Å². The van der Waals surface area contributed by atoms with Gasteiger partial charge in [-0.1, -0.05) is 11.2 Å². The smallest absolute Gasteiger partial charge is 0.354 e. The minimum absolute atomic E-state index is 0.00511. The van der Waals surface area contributed by atoms with Crippen molar-refractivity contribution >= 4 is 50.8 Å². The van der Waals surface area contributed by atoms with Crippen molar-refractivity contribution in [3.63, 3.8) is 0 Å². The van der Waals surface area contributed by atoms with Gasteiger partial charge in [-0.3, -0.25) is 9.52 Å². The lowest BCUT2D eigenvalue weighted by molar-refractivity contribution is -0.137. The highest BCUT2D eigenvalue weighted by atomic mass is 32.2. The molecule has 12 heteroatoms. The van der Waals surface area contributed by atoms with Gasteiger partial charge in [-0.15, -0.1) is 11.3 Å². The Morgan fingerprint density at radius 1 is 1.21 bits per heavy atom. The van der Waals surface area contributed by atoms with Gasteiger partial charge in [-0.2, -0.15) is 13.2 Å². The van der Waals surface area contributed by atoms with Gasteiger partial charge in [0.1, 0.15) is 15.6 Å². The summed E-state index contributed by atoms with van der Waals surface area (Å²) in [7, 11) is -4.09. The van der Waals surface area contributed by atoms with Crippen LogP contribution in [0.4, 0.5) is 24.5 Å². The number of thiophene rings is 1. The number of halogens is 3. The van der Waals surface area contributed by atoms with Gasteiger partial charge in [0.05, 0.1) is 5.56 Å². The number of aromatic nitrogens is 1. The maximum Gasteiger partial charge on any atom is 0.416 e. The van der Waals surface area contributed by atoms with Crippen LogP contribution in [0.3, 0.4) is 0 Å². The molecule has 7 nitrogen and oxygen atoms in total. The van der Waals surface area contributed by atoms with Crippen molar-refractivity contribution in [2.24, 2.45) is 5.92 Å². The van der Waals surface area contributed by atoms with Gasteiger partial charge in [0.2, 0.25) is 5.91 Å². The molecule has 2 aromatic heterocycles. The summed E-state index contributed by atoms with van der Waals surface area (Å²) in [6, 6.07) is 6.86. The highest BCUT2D eigenvalue weighted by Gasteiger charge is 2.31. The molecule has 4 rings (SSSR count). The molecule has 0 aliphatic heterocycles. The van der Waals surface area contributed by atoms with Crippen molar-refractivity contribution in [2.45, 2.75) is 30.2 Å². The monoisotopic (exact) mass is 497 g/mol. The number of alkyl halides is 3. The molecular weight excluding hydrogens is 479 g/mol. The Morgan fingerprint density at radius 2 is 1.97 bits per heavy atom. The van der Waals surface area contributed by atoms with Gasteiger partial charge in [0, 0.05) is 16.5 Å². The SMILES string of the molecule is Cc1noc(/C=C/c2ccc(S(=O)(=O)Nc3cccc(C(F)(F)F)c3)s2)c1NC(=O)C1CC1. The van der Waals surface area contributed by atoms with Gasteiger partial charge in [-0.05, 0) is 62.2 Å². The zero-order valence-corrected chi connectivity index (χ0v) is 18.8. The fraction of sp³-hybridized carbons (Fsp3) is 0.238. The van der Waals surface area contributed by atoms with E-state index in [9.17, 15) is 26.4 Å². The van der Waals surface area contributed by atoms with Crippen molar-refractivity contribution in [2.75, 3.05) is 10.0 Å². The summed E-state index contributed by atoms with van der Waals surface area (Å²) in [6.45, 7) is 1.69. The molecule has 1 aromatic carbocycles. The Hall–Kier alpha value is -3.12. The highest BCUT2D eigenvalue weighted by Crippen LogP contribution is 2.33. The third-order valence-electron chi connectivity index (χ3n) is 4.79. The predicted octanol–water partition coefficient (Wildman–Crippen LogP) is 5.38. The Balaban J connectivity index is 1.49. The molecule has 0 radical (unpaired) electrons. The van der Waals surface area contributed by atoms with Crippen LogP contribution in [-0.2, 0) is 21.0 Å². The number of rotatable bonds is 7. The molecule has 0 bridgehead atoms. The maximum absolute atomic E-state index is 12.9. The Labute approximate surface area is 191 Å². The van der Waals surface area contributed by atoms with Crippen LogP contribution in [-0.4, -0.2) is 19.5 Å². The molecular formula is C21H18F3N3O4S2. The summed E-state index contributed by atoms with van der Waals surface area (Å²) in [4.78, 5) is 12.6. The molecule has 3 aromatic rings. The summed E-state index contributed by atoms with van der Waals surface area (Å²) < 4.78 is 71.2. The Morgan fingerprint density at radius 3 is 2.67 bits per heavy atom. The van der Waals surface area contributed by atoms with Gasteiger partial charge >= 0.3 is 6.18 Å². The summed E-state index contributed by atoms with van der Waals surface area (Å²) in [6.07, 6.45) is 0.273. The molecule has 0 unspecified atom stereocenters. The number of aryl methyl sites for hydroxylation is 1. The molecule has 0 saturated heterocycles. The standard InChI is InChI=1S/C21H18F3N3O4S2/c1-12-19(25-20(28)13-5-6-13)17(31-26-12)9-7-16-8-10-18(32-16)33(29,30)27-15-4-2-3-14(11-15)21(22,23)24/h2-4,7-11,13,27H,5-6H2,1H3,(H,25,28)/b9-7+. The second-order valence-electron chi connectivity index (χ2n) is 7.44. The minimum atomic E-state index is -4.58. The Kier molecular flexibility index (Phi) is 6.06. The topological polar surface area (TPSA) is 101 Å². The first-order valence-corrected chi connectivity index (χ1v) is 12.1. The van der Waals surface area contributed by atoms with E-state index in [-0.39, 0.29) is 21.7 Å². The number of amides is 1. The average Bonchev–Trinajstić information content (AvgIpc) is 3.39. The van der Waals surface area contributed by atoms with Gasteiger partial charge in [0.25, 0.3) is 10.0 Å². The molecule has 1 amide bonds. The average molecular weight is 498 g/mol. The van der Waals surface area contributed by atoms with Crippen molar-refractivity contribution in [1.29, 1.82) is 0 Å². The first-order valence-electron chi connectivity index (χ1n) is 9.78. The van der Waals surface area contributed by atoms with E-state index in [1.807, 2.05) is 0 Å². The quantitative estimate of drug-likeness (QED) is 0.456. The van der Waals surface area contributed by atoms with Crippen LogP contribution in [0.1, 0.15) is 34.7 Å². The van der Waals surface area contributed by atoms with Crippen molar-refractivity contribution in [1.82, 2.24) is 5.16 Å². The second kappa shape index (κ2) is 8.67. The van der Waals surface area contributed by atoms with Gasteiger partial charge < -0.3 is 9.84 Å². The van der Waals surface area contributed by atoms with E-state index >= 15 is 0 Å². The zero-order chi connectivity index (χ0) is 23.8. The highest BCUT2D eigenvalue weighted by molar-refractivity contribution is 7.94. The van der Waals surface area contributed by atoms with Crippen LogP contribution >= 0.6 is 11.3 Å². The molecule has 1 aliphatic rings. The normalized spacial score (nSPS) is 14.5. The van der Waals surface area contributed by atoms with Crippen LogP contribution in [0, 0.1) is 12.8 Å². The summed E-state index contributed by atoms with van der Waals surface area (Å²) in [5.41, 5.74) is -0.171. The van der Waals surface area contributed by atoms with Crippen molar-refractivity contribution < 1.29 is 30.9 Å². The molecule has 2 heterocycles. The fourth-order valence-corrected chi connectivity index (χ4v) is 5.19. The summed E-state index contributed by atoms with van der Waals surface area (Å²) >= 11 is 0.921. The lowest BCUT2D eigenvalue weighted by Gasteiger charge is -2.10. The number of hydrogen-bond acceptors (Lipinski definition) is 6. The van der Waals surface area contributed by atoms with E-state index in [2.05, 4.69) is 15.2 Å². The molecule has 1 fully saturated rings. The number of benzene rings is 1. The molecule has 1 saturated carbocycles.